The second kappa shape index (κ2) is 9.55. The highest BCUT2D eigenvalue weighted by molar-refractivity contribution is 5.85. The molecular formula is C20H32Cl2N4O. The Hall–Kier alpha value is -0.880. The molecule has 0 spiro atoms. The first-order valence-electron chi connectivity index (χ1n) is 9.88. The number of pyridine rings is 1. The molecule has 2 bridgehead atoms. The van der Waals surface area contributed by atoms with Gasteiger partial charge in [-0.2, -0.15) is 0 Å². The summed E-state index contributed by atoms with van der Waals surface area (Å²) < 4.78 is 0. The molecule has 0 saturated carbocycles. The number of aromatic nitrogens is 1. The Morgan fingerprint density at radius 1 is 1.19 bits per heavy atom. The summed E-state index contributed by atoms with van der Waals surface area (Å²) in [5.74, 6) is 0.417. The van der Waals surface area contributed by atoms with E-state index in [2.05, 4.69) is 39.2 Å². The third kappa shape index (κ3) is 4.42. The first-order valence-corrected chi connectivity index (χ1v) is 9.88. The third-order valence-electron chi connectivity index (χ3n) is 6.61. The Morgan fingerprint density at radius 3 is 2.59 bits per heavy atom. The van der Waals surface area contributed by atoms with Crippen LogP contribution in [0, 0.1) is 5.41 Å². The van der Waals surface area contributed by atoms with Crippen LogP contribution < -0.4 is 5.32 Å². The van der Waals surface area contributed by atoms with Crippen molar-refractivity contribution in [2.45, 2.75) is 57.7 Å². The van der Waals surface area contributed by atoms with Gasteiger partial charge in [0.25, 0.3) is 0 Å². The first-order chi connectivity index (χ1) is 12.2. The smallest absolute Gasteiger partial charge is 0.230 e. The number of fused-ring (bicyclic) bond motifs is 2. The van der Waals surface area contributed by atoms with Crippen LogP contribution in [-0.4, -0.2) is 59.0 Å². The van der Waals surface area contributed by atoms with Crippen molar-refractivity contribution in [2.24, 2.45) is 5.41 Å². The molecule has 27 heavy (non-hydrogen) atoms. The van der Waals surface area contributed by atoms with Gasteiger partial charge in [0, 0.05) is 57.2 Å². The van der Waals surface area contributed by atoms with Crippen LogP contribution >= 0.6 is 24.8 Å². The van der Waals surface area contributed by atoms with Gasteiger partial charge in [0.1, 0.15) is 0 Å². The van der Waals surface area contributed by atoms with E-state index in [1.54, 1.807) is 0 Å². The topological polar surface area (TPSA) is 48.5 Å². The lowest BCUT2D eigenvalue weighted by atomic mass is 9.71. The summed E-state index contributed by atoms with van der Waals surface area (Å²) in [5.41, 5.74) is 1.17. The minimum atomic E-state index is -0.136. The second-order valence-electron chi connectivity index (χ2n) is 7.98. The molecule has 0 aliphatic carbocycles. The van der Waals surface area contributed by atoms with Gasteiger partial charge in [-0.1, -0.05) is 6.92 Å². The number of halogens is 2. The number of amides is 1. The van der Waals surface area contributed by atoms with Gasteiger partial charge in [-0.05, 0) is 49.8 Å². The van der Waals surface area contributed by atoms with E-state index in [-0.39, 0.29) is 30.2 Å². The maximum atomic E-state index is 13.4. The number of carbonyl (C=O) groups is 1. The van der Waals surface area contributed by atoms with Gasteiger partial charge in [-0.15, -0.1) is 24.8 Å². The third-order valence-corrected chi connectivity index (χ3v) is 6.61. The summed E-state index contributed by atoms with van der Waals surface area (Å²) >= 11 is 0. The second-order valence-corrected chi connectivity index (χ2v) is 7.98. The van der Waals surface area contributed by atoms with E-state index < -0.39 is 0 Å². The zero-order valence-corrected chi connectivity index (χ0v) is 17.7. The Kier molecular flexibility index (Phi) is 7.93. The van der Waals surface area contributed by atoms with Crippen molar-refractivity contribution in [1.29, 1.82) is 0 Å². The number of nitrogens with zero attached hydrogens (tertiary/aromatic N) is 3. The molecule has 5 nitrogen and oxygen atoms in total. The van der Waals surface area contributed by atoms with Crippen LogP contribution in [0.4, 0.5) is 0 Å². The Morgan fingerprint density at radius 2 is 1.96 bits per heavy atom. The van der Waals surface area contributed by atoms with Gasteiger partial charge < -0.3 is 10.2 Å². The molecule has 0 unspecified atom stereocenters. The van der Waals surface area contributed by atoms with E-state index in [1.807, 2.05) is 12.4 Å². The number of hydrogen-bond donors (Lipinski definition) is 1. The average molecular weight is 415 g/mol. The predicted octanol–water partition coefficient (Wildman–Crippen LogP) is 2.88. The number of carbonyl (C=O) groups excluding carboxylic acids is 1. The Balaban J connectivity index is 0.00000131. The minimum absolute atomic E-state index is 0. The molecule has 0 radical (unpaired) electrons. The van der Waals surface area contributed by atoms with Gasteiger partial charge in [-0.3, -0.25) is 14.7 Å². The van der Waals surface area contributed by atoms with Gasteiger partial charge in [-0.25, -0.2) is 0 Å². The molecule has 1 amide bonds. The summed E-state index contributed by atoms with van der Waals surface area (Å²) in [6.45, 7) is 6.96. The van der Waals surface area contributed by atoms with E-state index in [9.17, 15) is 4.79 Å². The molecule has 3 aliphatic heterocycles. The summed E-state index contributed by atoms with van der Waals surface area (Å²) in [4.78, 5) is 22.2. The molecule has 1 aromatic heterocycles. The first kappa shape index (κ1) is 22.4. The molecule has 3 aliphatic rings. The largest absolute Gasteiger partial charge is 0.341 e. The van der Waals surface area contributed by atoms with Crippen molar-refractivity contribution in [2.75, 3.05) is 26.2 Å². The van der Waals surface area contributed by atoms with E-state index in [4.69, 9.17) is 0 Å². The average Bonchev–Trinajstić information content (AvgIpc) is 3.18. The summed E-state index contributed by atoms with van der Waals surface area (Å²) in [5, 5.41) is 3.68. The van der Waals surface area contributed by atoms with Crippen LogP contribution in [-0.2, 0) is 11.3 Å². The fourth-order valence-electron chi connectivity index (χ4n) is 5.17. The lowest BCUT2D eigenvalue weighted by Gasteiger charge is -2.38. The molecule has 3 fully saturated rings. The molecule has 4 heterocycles. The van der Waals surface area contributed by atoms with Crippen LogP contribution in [0.2, 0.25) is 0 Å². The number of rotatable bonds is 4. The minimum Gasteiger partial charge on any atom is -0.341 e. The summed E-state index contributed by atoms with van der Waals surface area (Å²) in [6.07, 6.45) is 9.22. The van der Waals surface area contributed by atoms with Crippen LogP contribution in [0.5, 0.6) is 0 Å². The maximum absolute atomic E-state index is 13.4. The molecular weight excluding hydrogens is 383 g/mol. The van der Waals surface area contributed by atoms with Crippen LogP contribution in [0.25, 0.3) is 0 Å². The molecule has 1 aromatic rings. The van der Waals surface area contributed by atoms with Gasteiger partial charge in [0.2, 0.25) is 5.91 Å². The van der Waals surface area contributed by atoms with E-state index in [1.165, 1.54) is 18.4 Å². The van der Waals surface area contributed by atoms with Crippen molar-refractivity contribution < 1.29 is 4.79 Å². The summed E-state index contributed by atoms with van der Waals surface area (Å²) in [6, 6.07) is 5.15. The van der Waals surface area contributed by atoms with Crippen molar-refractivity contribution in [3.05, 3.63) is 30.1 Å². The molecule has 7 heteroatoms. The molecule has 1 N–H and O–H groups in total. The van der Waals surface area contributed by atoms with Gasteiger partial charge >= 0.3 is 0 Å². The molecule has 3 atom stereocenters. The predicted molar refractivity (Wildman–Crippen MR) is 112 cm³/mol. The fourth-order valence-corrected chi connectivity index (χ4v) is 5.17. The highest BCUT2D eigenvalue weighted by Gasteiger charge is 2.55. The van der Waals surface area contributed by atoms with Crippen LogP contribution in [0.1, 0.15) is 44.6 Å². The zero-order valence-electron chi connectivity index (χ0n) is 16.1. The van der Waals surface area contributed by atoms with Crippen molar-refractivity contribution >= 4 is 30.7 Å². The standard InChI is InChI=1S/C20H30N4O.2ClH/c1-2-20(14-17-4-5-18(20)22-17)19(25)24-11-3-10-23(12-13-24)15-16-6-8-21-9-7-16;;/h6-9,17-18,22H,2-5,10-15H2,1H3;2*1H/t17-,18+,20+;;/m0../s1. The van der Waals surface area contributed by atoms with E-state index in [0.29, 0.717) is 18.0 Å². The highest BCUT2D eigenvalue weighted by atomic mass is 35.5. The Bertz CT molecular complexity index is 617. The van der Waals surface area contributed by atoms with E-state index >= 15 is 0 Å². The van der Waals surface area contributed by atoms with Gasteiger partial charge in [0.15, 0.2) is 0 Å². The molecule has 3 saturated heterocycles. The normalized spacial score (nSPS) is 30.3. The summed E-state index contributed by atoms with van der Waals surface area (Å²) in [7, 11) is 0. The number of hydrogen-bond acceptors (Lipinski definition) is 4. The number of nitrogens with one attached hydrogen (secondary N) is 1. The monoisotopic (exact) mass is 414 g/mol. The van der Waals surface area contributed by atoms with Crippen LogP contribution in [0.3, 0.4) is 0 Å². The zero-order chi connectivity index (χ0) is 17.3. The van der Waals surface area contributed by atoms with Crippen LogP contribution in [0.15, 0.2) is 24.5 Å². The molecule has 152 valence electrons. The van der Waals surface area contributed by atoms with Crippen molar-refractivity contribution in [3.63, 3.8) is 0 Å². The van der Waals surface area contributed by atoms with Crippen molar-refractivity contribution in [3.8, 4) is 0 Å². The highest BCUT2D eigenvalue weighted by Crippen LogP contribution is 2.47. The Labute approximate surface area is 175 Å². The van der Waals surface area contributed by atoms with E-state index in [0.717, 1.165) is 52.0 Å². The quantitative estimate of drug-likeness (QED) is 0.822. The van der Waals surface area contributed by atoms with Gasteiger partial charge in [0.05, 0.1) is 5.41 Å². The maximum Gasteiger partial charge on any atom is 0.230 e. The SMILES string of the molecule is CC[C@@]1(C(=O)N2CCCN(Cc3ccncc3)CC2)C[C@@H]2CC[C@H]1N2.Cl.Cl. The fraction of sp³-hybridized carbons (Fsp3) is 0.700. The lowest BCUT2D eigenvalue weighted by Crippen LogP contribution is -2.50. The molecule has 4 rings (SSSR count). The lowest BCUT2D eigenvalue weighted by molar-refractivity contribution is -0.143. The van der Waals surface area contributed by atoms with Crippen molar-refractivity contribution in [1.82, 2.24) is 20.1 Å². The molecule has 0 aromatic carbocycles.